The first-order chi connectivity index (χ1) is 6.54. The van der Waals surface area contributed by atoms with E-state index in [-0.39, 0.29) is 6.42 Å². The van der Waals surface area contributed by atoms with Gasteiger partial charge in [-0.2, -0.15) is 0 Å². The molecule has 0 aliphatic rings. The van der Waals surface area contributed by atoms with Gasteiger partial charge in [-0.25, -0.2) is 0 Å². The predicted molar refractivity (Wildman–Crippen MR) is 63.4 cm³/mol. The zero-order valence-electron chi connectivity index (χ0n) is 9.33. The Labute approximate surface area is 87.7 Å². The maximum absolute atomic E-state index is 9.53. The van der Waals surface area contributed by atoms with Crippen LogP contribution in [0, 0.1) is 5.92 Å². The third kappa shape index (κ3) is 45.6. The third-order valence-corrected chi connectivity index (χ3v) is 0.957. The van der Waals surface area contributed by atoms with Gasteiger partial charge in [0.15, 0.2) is 0 Å². The van der Waals surface area contributed by atoms with Crippen LogP contribution >= 0.6 is 0 Å². The summed E-state index contributed by atoms with van der Waals surface area (Å²) < 4.78 is 0. The smallest absolute Gasteiger partial charge is 0.307 e. The first-order valence-electron chi connectivity index (χ1n) is 4.48. The number of carboxylic acids is 1. The summed E-state index contributed by atoms with van der Waals surface area (Å²) in [5.41, 5.74) is 0. The van der Waals surface area contributed by atoms with Gasteiger partial charge in [0.2, 0.25) is 0 Å². The Morgan fingerprint density at radius 1 is 1.29 bits per heavy atom. The van der Waals surface area contributed by atoms with Crippen molar-refractivity contribution in [3.8, 4) is 0 Å². The van der Waals surface area contributed by atoms with Crippen molar-refractivity contribution < 1.29 is 9.90 Å². The molecule has 0 aromatic rings. The van der Waals surface area contributed by atoms with Gasteiger partial charge >= 0.3 is 5.97 Å². The first kappa shape index (κ1) is 18.5. The Kier molecular flexibility index (Phi) is 23.3. The van der Waals surface area contributed by atoms with Crippen LogP contribution in [0.4, 0.5) is 0 Å². The Bertz CT molecular complexity index is 148. The van der Waals surface area contributed by atoms with Gasteiger partial charge in [-0.05, 0) is 12.3 Å². The largest absolute Gasteiger partial charge is 0.481 e. The fourth-order valence-corrected chi connectivity index (χ4v) is 0.457. The van der Waals surface area contributed by atoms with Crippen LogP contribution in [0.5, 0.6) is 0 Å². The van der Waals surface area contributed by atoms with Gasteiger partial charge in [0.05, 0.1) is 6.42 Å². The molecule has 0 saturated carbocycles. The number of aliphatic carboxylic acids is 1. The van der Waals surface area contributed by atoms with Crippen LogP contribution in [-0.2, 0) is 4.79 Å². The average molecular weight is 198 g/mol. The number of hydrogen-bond donors (Lipinski definition) is 1. The minimum Gasteiger partial charge on any atom is -0.481 e. The van der Waals surface area contributed by atoms with Crippen molar-refractivity contribution in [3.05, 3.63) is 38.5 Å². The lowest BCUT2D eigenvalue weighted by molar-refractivity contribution is -0.135. The van der Waals surface area contributed by atoms with E-state index in [1.165, 1.54) is 6.08 Å². The van der Waals surface area contributed by atoms with E-state index in [9.17, 15) is 4.79 Å². The van der Waals surface area contributed by atoms with Crippen molar-refractivity contribution in [2.24, 2.45) is 5.92 Å². The number of rotatable bonds is 4. The van der Waals surface area contributed by atoms with E-state index >= 15 is 0 Å². The maximum Gasteiger partial charge on any atom is 0.307 e. The Hall–Kier alpha value is -1.31. The molecule has 82 valence electrons. The van der Waals surface area contributed by atoms with Crippen LogP contribution in [-0.4, -0.2) is 11.1 Å². The summed E-state index contributed by atoms with van der Waals surface area (Å²) in [7, 11) is 0. The molecule has 0 saturated heterocycles. The molecule has 0 aliphatic heterocycles. The second kappa shape index (κ2) is 17.7. The molecule has 0 spiro atoms. The molecule has 0 bridgehead atoms. The summed E-state index contributed by atoms with van der Waals surface area (Å²) in [5.74, 6) is -0.0486. The van der Waals surface area contributed by atoms with Crippen LogP contribution in [0.3, 0.4) is 0 Å². The molecular formula is C12H22O2. The summed E-state index contributed by atoms with van der Waals surface area (Å²) >= 11 is 0. The third-order valence-electron chi connectivity index (χ3n) is 0.957. The van der Waals surface area contributed by atoms with Crippen LogP contribution in [0.25, 0.3) is 0 Å². The molecule has 0 aromatic carbocycles. The van der Waals surface area contributed by atoms with Crippen molar-refractivity contribution in [3.63, 3.8) is 0 Å². The van der Waals surface area contributed by atoms with Crippen molar-refractivity contribution >= 4 is 5.97 Å². The number of carboxylic acid groups (broad SMARTS) is 1. The lowest BCUT2D eigenvalue weighted by atomic mass is 10.1. The number of allylic oxidation sites excluding steroid dienone is 1. The van der Waals surface area contributed by atoms with E-state index in [0.717, 1.165) is 12.3 Å². The van der Waals surface area contributed by atoms with Crippen LogP contribution in [0.2, 0.25) is 0 Å². The zero-order valence-corrected chi connectivity index (χ0v) is 9.33. The van der Waals surface area contributed by atoms with E-state index in [1.54, 1.807) is 0 Å². The average Bonchev–Trinajstić information content (AvgIpc) is 2.08. The minimum absolute atomic E-state index is 0.0556. The highest BCUT2D eigenvalue weighted by Crippen LogP contribution is 1.96. The molecule has 1 N–H and O–H groups in total. The molecule has 0 atom stereocenters. The van der Waals surface area contributed by atoms with Gasteiger partial charge in [0, 0.05) is 0 Å². The fraction of sp³-hybridized carbons (Fsp3) is 0.417. The lowest BCUT2D eigenvalue weighted by Gasteiger charge is -1.92. The van der Waals surface area contributed by atoms with Gasteiger partial charge in [0.25, 0.3) is 0 Å². The molecule has 0 radical (unpaired) electrons. The molecule has 2 heteroatoms. The lowest BCUT2D eigenvalue weighted by Crippen LogP contribution is -1.88. The van der Waals surface area contributed by atoms with Crippen LogP contribution in [0.15, 0.2) is 38.5 Å². The van der Waals surface area contributed by atoms with Gasteiger partial charge in [-0.3, -0.25) is 4.79 Å². The molecule has 0 unspecified atom stereocenters. The summed E-state index contributed by atoms with van der Waals surface area (Å²) in [6.07, 6.45) is 4.49. The second-order valence-electron chi connectivity index (χ2n) is 2.80. The molecule has 0 aromatic heterocycles. The van der Waals surface area contributed by atoms with E-state index < -0.39 is 5.97 Å². The normalized spacial score (nSPS) is 7.36. The summed E-state index contributed by atoms with van der Waals surface area (Å²) in [6.45, 7) is 17.2. The van der Waals surface area contributed by atoms with Gasteiger partial charge < -0.3 is 5.11 Å². The van der Waals surface area contributed by atoms with Gasteiger partial charge in [0.1, 0.15) is 0 Å². The Balaban J connectivity index is -0.000000147. The minimum atomic E-state index is -0.829. The molecule has 14 heavy (non-hydrogen) atoms. The monoisotopic (exact) mass is 198 g/mol. The van der Waals surface area contributed by atoms with Crippen molar-refractivity contribution in [2.75, 3.05) is 0 Å². The van der Waals surface area contributed by atoms with Crippen molar-refractivity contribution in [2.45, 2.75) is 26.7 Å². The van der Waals surface area contributed by atoms with Gasteiger partial charge in [-0.15, -0.1) is 26.3 Å². The van der Waals surface area contributed by atoms with Gasteiger partial charge in [-0.1, -0.05) is 26.0 Å². The molecule has 2 nitrogen and oxygen atoms in total. The van der Waals surface area contributed by atoms with Crippen LogP contribution < -0.4 is 0 Å². The van der Waals surface area contributed by atoms with E-state index in [2.05, 4.69) is 40.2 Å². The molecule has 0 aliphatic carbocycles. The van der Waals surface area contributed by atoms with E-state index in [0.29, 0.717) is 0 Å². The SMILES string of the molecule is C=C.C=CCC(=O)O.C=CCC(C)C. The topological polar surface area (TPSA) is 37.3 Å². The van der Waals surface area contributed by atoms with Crippen LogP contribution in [0.1, 0.15) is 26.7 Å². The van der Waals surface area contributed by atoms with E-state index in [4.69, 9.17) is 5.11 Å². The molecular weight excluding hydrogens is 176 g/mol. The van der Waals surface area contributed by atoms with Crippen molar-refractivity contribution in [1.29, 1.82) is 0 Å². The standard InChI is InChI=1S/C6H12.C4H6O2.C2H4/c1-4-5-6(2)3;1-2-3-4(5)6;1-2/h4,6H,1,5H2,2-3H3;2H,1,3H2,(H,5,6);1-2H2. The molecule has 0 fully saturated rings. The first-order valence-corrected chi connectivity index (χ1v) is 4.48. The number of hydrogen-bond acceptors (Lipinski definition) is 1. The second-order valence-corrected chi connectivity index (χ2v) is 2.80. The Morgan fingerprint density at radius 2 is 1.71 bits per heavy atom. The quantitative estimate of drug-likeness (QED) is 0.700. The summed E-state index contributed by atoms with van der Waals surface area (Å²) in [5, 5.41) is 7.84. The summed E-state index contributed by atoms with van der Waals surface area (Å²) in [6, 6.07) is 0. The number of carbonyl (C=O) groups is 1. The maximum atomic E-state index is 9.53. The fourth-order valence-electron chi connectivity index (χ4n) is 0.457. The Morgan fingerprint density at radius 3 is 1.71 bits per heavy atom. The predicted octanol–water partition coefficient (Wildman–Crippen LogP) is 3.67. The highest BCUT2D eigenvalue weighted by atomic mass is 16.4. The summed E-state index contributed by atoms with van der Waals surface area (Å²) in [4.78, 5) is 9.53. The molecule has 0 amide bonds. The highest BCUT2D eigenvalue weighted by Gasteiger charge is 1.84. The zero-order chi connectivity index (χ0) is 12.0. The van der Waals surface area contributed by atoms with E-state index in [1.807, 2.05) is 6.08 Å². The molecule has 0 heterocycles. The van der Waals surface area contributed by atoms with Crippen molar-refractivity contribution in [1.82, 2.24) is 0 Å². The highest BCUT2D eigenvalue weighted by molar-refractivity contribution is 5.68. The molecule has 0 rings (SSSR count).